The monoisotopic (exact) mass is 454 g/mol. The largest absolute Gasteiger partial charge is 0.494 e. The number of benzene rings is 2. The molecular weight excluding hydrogens is 424 g/mol. The van der Waals surface area contributed by atoms with Gasteiger partial charge < -0.3 is 20.1 Å². The first-order valence-electron chi connectivity index (χ1n) is 11.0. The molecule has 0 radical (unpaired) electrons. The number of carbonyl (C=O) groups excluding carboxylic acids is 4. The fourth-order valence-corrected chi connectivity index (χ4v) is 2.89. The van der Waals surface area contributed by atoms with Gasteiger partial charge in [0.1, 0.15) is 5.75 Å². The van der Waals surface area contributed by atoms with Crippen LogP contribution in [0, 0.1) is 0 Å². The molecule has 0 bridgehead atoms. The van der Waals surface area contributed by atoms with Crippen molar-refractivity contribution >= 4 is 34.9 Å². The van der Waals surface area contributed by atoms with Gasteiger partial charge in [0.2, 0.25) is 5.91 Å². The van der Waals surface area contributed by atoms with Crippen LogP contribution in [0.25, 0.3) is 0 Å². The van der Waals surface area contributed by atoms with Crippen molar-refractivity contribution in [2.75, 3.05) is 23.8 Å². The van der Waals surface area contributed by atoms with Gasteiger partial charge in [-0.15, -0.1) is 0 Å². The van der Waals surface area contributed by atoms with Gasteiger partial charge in [-0.2, -0.15) is 0 Å². The summed E-state index contributed by atoms with van der Waals surface area (Å²) < 4.78 is 10.6. The van der Waals surface area contributed by atoms with Crippen molar-refractivity contribution in [1.29, 1.82) is 0 Å². The fourth-order valence-electron chi connectivity index (χ4n) is 2.89. The van der Waals surface area contributed by atoms with Gasteiger partial charge in [0.25, 0.3) is 5.91 Å². The molecular formula is C25H30N2O6. The molecule has 0 atom stereocenters. The first-order chi connectivity index (χ1) is 15.9. The minimum Gasteiger partial charge on any atom is -0.494 e. The Balaban J connectivity index is 1.68. The Morgan fingerprint density at radius 3 is 2.06 bits per heavy atom. The van der Waals surface area contributed by atoms with Gasteiger partial charge >= 0.3 is 5.97 Å². The number of Topliss-reactive ketones (excluding diaryl/α,β-unsaturated/α-hetero) is 1. The van der Waals surface area contributed by atoms with E-state index < -0.39 is 18.5 Å². The van der Waals surface area contributed by atoms with Crippen LogP contribution in [-0.4, -0.2) is 36.8 Å². The van der Waals surface area contributed by atoms with Crippen molar-refractivity contribution in [3.63, 3.8) is 0 Å². The van der Waals surface area contributed by atoms with Crippen LogP contribution in [0.15, 0.2) is 48.5 Å². The van der Waals surface area contributed by atoms with Crippen molar-refractivity contribution < 1.29 is 28.7 Å². The highest BCUT2D eigenvalue weighted by atomic mass is 16.5. The van der Waals surface area contributed by atoms with Gasteiger partial charge in [-0.05, 0) is 55.0 Å². The Kier molecular flexibility index (Phi) is 10.6. The van der Waals surface area contributed by atoms with Crippen LogP contribution >= 0.6 is 0 Å². The summed E-state index contributed by atoms with van der Waals surface area (Å²) in [4.78, 5) is 47.1. The molecule has 33 heavy (non-hydrogen) atoms. The van der Waals surface area contributed by atoms with Crippen molar-refractivity contribution in [1.82, 2.24) is 0 Å². The summed E-state index contributed by atoms with van der Waals surface area (Å²) >= 11 is 0. The number of ketones is 1. The highest BCUT2D eigenvalue weighted by Gasteiger charge is 2.12. The summed E-state index contributed by atoms with van der Waals surface area (Å²) in [6.07, 6.45) is 3.09. The predicted octanol–water partition coefficient (Wildman–Crippen LogP) is 4.36. The Hall–Kier alpha value is -3.68. The van der Waals surface area contributed by atoms with E-state index in [4.69, 9.17) is 9.47 Å². The zero-order valence-electron chi connectivity index (χ0n) is 19.0. The minimum absolute atomic E-state index is 0.0121. The first kappa shape index (κ1) is 25.6. The number of nitrogens with one attached hydrogen (secondary N) is 2. The molecule has 0 saturated heterocycles. The molecule has 2 rings (SSSR count). The van der Waals surface area contributed by atoms with Crippen molar-refractivity contribution in [3.8, 4) is 5.75 Å². The second-order valence-corrected chi connectivity index (χ2v) is 7.47. The van der Waals surface area contributed by atoms with Crippen LogP contribution in [0.1, 0.15) is 56.3 Å². The van der Waals surface area contributed by atoms with E-state index >= 15 is 0 Å². The van der Waals surface area contributed by atoms with Gasteiger partial charge in [0, 0.05) is 30.3 Å². The molecule has 0 unspecified atom stereocenters. The van der Waals surface area contributed by atoms with E-state index in [1.165, 1.54) is 6.92 Å². The van der Waals surface area contributed by atoms with Gasteiger partial charge in [-0.1, -0.05) is 19.8 Å². The third-order valence-electron chi connectivity index (χ3n) is 4.60. The van der Waals surface area contributed by atoms with Crippen molar-refractivity contribution in [2.45, 2.75) is 46.0 Å². The standard InChI is InChI=1S/C25H30N2O6/c1-3-4-5-16-32-22-12-6-19(7-13-22)23(29)14-15-25(31)33-17-24(30)27-21-10-8-20(9-11-21)26-18(2)28/h6-13H,3-5,14-17H2,1-2H3,(H,26,28)(H,27,30). The molecule has 0 heterocycles. The van der Waals surface area contributed by atoms with Gasteiger partial charge in [-0.3, -0.25) is 19.2 Å². The molecule has 2 amide bonds. The fraction of sp³-hybridized carbons (Fsp3) is 0.360. The Morgan fingerprint density at radius 1 is 0.818 bits per heavy atom. The van der Waals surface area contributed by atoms with Gasteiger partial charge in [0.05, 0.1) is 13.0 Å². The summed E-state index contributed by atoms with van der Waals surface area (Å²) in [6.45, 7) is 3.72. The highest BCUT2D eigenvalue weighted by Crippen LogP contribution is 2.15. The zero-order chi connectivity index (χ0) is 24.1. The zero-order valence-corrected chi connectivity index (χ0v) is 19.0. The maximum absolute atomic E-state index is 12.3. The number of rotatable bonds is 13. The molecule has 0 aliphatic heterocycles. The molecule has 0 fully saturated rings. The lowest BCUT2D eigenvalue weighted by molar-refractivity contribution is -0.147. The van der Waals surface area contributed by atoms with Gasteiger partial charge in [0.15, 0.2) is 12.4 Å². The van der Waals surface area contributed by atoms with Gasteiger partial charge in [-0.25, -0.2) is 0 Å². The number of hydrogen-bond acceptors (Lipinski definition) is 6. The summed E-state index contributed by atoms with van der Waals surface area (Å²) in [6, 6.07) is 13.3. The maximum atomic E-state index is 12.3. The van der Waals surface area contributed by atoms with Crippen LogP contribution in [0.2, 0.25) is 0 Å². The molecule has 0 aliphatic carbocycles. The predicted molar refractivity (Wildman–Crippen MR) is 125 cm³/mol. The average Bonchev–Trinajstić information content (AvgIpc) is 2.80. The molecule has 2 N–H and O–H groups in total. The van der Waals surface area contributed by atoms with E-state index in [9.17, 15) is 19.2 Å². The quantitative estimate of drug-likeness (QED) is 0.264. The Morgan fingerprint density at radius 2 is 1.45 bits per heavy atom. The summed E-state index contributed by atoms with van der Waals surface area (Å²) in [5, 5.41) is 5.21. The Bertz CT molecular complexity index is 938. The first-order valence-corrected chi connectivity index (χ1v) is 11.0. The maximum Gasteiger partial charge on any atom is 0.306 e. The normalized spacial score (nSPS) is 10.2. The third kappa shape index (κ3) is 9.99. The highest BCUT2D eigenvalue weighted by molar-refractivity contribution is 5.98. The molecule has 176 valence electrons. The van der Waals surface area contributed by atoms with Crippen LogP contribution in [0.3, 0.4) is 0 Å². The van der Waals surface area contributed by atoms with Crippen LogP contribution in [-0.2, 0) is 19.1 Å². The molecule has 8 heteroatoms. The number of esters is 1. The summed E-state index contributed by atoms with van der Waals surface area (Å²) in [7, 11) is 0. The molecule has 2 aromatic rings. The van der Waals surface area contributed by atoms with Crippen LogP contribution in [0.4, 0.5) is 11.4 Å². The average molecular weight is 455 g/mol. The number of hydrogen-bond donors (Lipinski definition) is 2. The molecule has 0 aliphatic rings. The van der Waals surface area contributed by atoms with E-state index in [0.717, 1.165) is 19.3 Å². The second kappa shape index (κ2) is 13.7. The van der Waals surface area contributed by atoms with Crippen LogP contribution < -0.4 is 15.4 Å². The molecule has 0 aromatic heterocycles. The molecule has 0 saturated carbocycles. The summed E-state index contributed by atoms with van der Waals surface area (Å²) in [5.41, 5.74) is 1.59. The Labute approximate surface area is 193 Å². The lowest BCUT2D eigenvalue weighted by Gasteiger charge is -2.08. The second-order valence-electron chi connectivity index (χ2n) is 7.47. The SMILES string of the molecule is CCCCCOc1ccc(C(=O)CCC(=O)OCC(=O)Nc2ccc(NC(C)=O)cc2)cc1. The number of ether oxygens (including phenoxy) is 2. The number of carbonyl (C=O) groups is 4. The van der Waals surface area contributed by atoms with E-state index in [0.29, 0.717) is 29.3 Å². The molecule has 2 aromatic carbocycles. The van der Waals surface area contributed by atoms with Crippen molar-refractivity contribution in [2.24, 2.45) is 0 Å². The molecule has 8 nitrogen and oxygen atoms in total. The lowest BCUT2D eigenvalue weighted by atomic mass is 10.1. The number of amides is 2. The van der Waals surface area contributed by atoms with Crippen LogP contribution in [0.5, 0.6) is 5.75 Å². The molecule has 0 spiro atoms. The smallest absolute Gasteiger partial charge is 0.306 e. The summed E-state index contributed by atoms with van der Waals surface area (Å²) in [5.74, 6) is -0.807. The van der Waals surface area contributed by atoms with E-state index in [2.05, 4.69) is 17.6 Å². The number of unbranched alkanes of at least 4 members (excludes halogenated alkanes) is 2. The van der Waals surface area contributed by atoms with Crippen molar-refractivity contribution in [3.05, 3.63) is 54.1 Å². The minimum atomic E-state index is -0.629. The van der Waals surface area contributed by atoms with E-state index in [1.807, 2.05) is 0 Å². The third-order valence-corrected chi connectivity index (χ3v) is 4.60. The number of anilines is 2. The lowest BCUT2D eigenvalue weighted by Crippen LogP contribution is -2.21. The topological polar surface area (TPSA) is 111 Å². The van der Waals surface area contributed by atoms with E-state index in [1.54, 1.807) is 48.5 Å². The van der Waals surface area contributed by atoms with E-state index in [-0.39, 0.29) is 24.5 Å².